The molecule has 6 aromatic rings. The maximum Gasteiger partial charge on any atom is 0.143 e. The van der Waals surface area contributed by atoms with Crippen LogP contribution in [0, 0.1) is 5.41 Å². The summed E-state index contributed by atoms with van der Waals surface area (Å²) < 4.78 is 36.7. The van der Waals surface area contributed by atoms with Crippen LogP contribution in [-0.4, -0.2) is 53.4 Å². The summed E-state index contributed by atoms with van der Waals surface area (Å²) >= 11 is 0. The minimum atomic E-state index is -1.07. The fraction of sp³-hybridized carbons (Fsp3) is 0.234. The summed E-state index contributed by atoms with van der Waals surface area (Å²) in [5.74, 6) is 2.94. The van der Waals surface area contributed by atoms with Crippen LogP contribution in [0.2, 0.25) is 0 Å². The molecule has 6 rings (SSSR count). The molecule has 0 bridgehead atoms. The lowest BCUT2D eigenvalue weighted by Gasteiger charge is -2.42. The first kappa shape index (κ1) is 38.1. The summed E-state index contributed by atoms with van der Waals surface area (Å²) in [6.07, 6.45) is 0. The SMILES string of the molecule is COc1ccc(C(OCC(C)(CO)COC(c2ccccc2)(c2ccc(OC)cc2)c2ccc(OC)cc2)(c2ccccc2)c2ccc(OC)cc2)cc1. The Hall–Kier alpha value is -5.60. The van der Waals surface area contributed by atoms with Crippen LogP contribution in [0.4, 0.5) is 0 Å². The van der Waals surface area contributed by atoms with Crippen LogP contribution < -0.4 is 18.9 Å². The molecule has 0 aliphatic heterocycles. The molecule has 0 saturated heterocycles. The van der Waals surface area contributed by atoms with Crippen molar-refractivity contribution in [3.05, 3.63) is 191 Å². The van der Waals surface area contributed by atoms with Crippen LogP contribution in [-0.2, 0) is 20.7 Å². The normalized spacial score (nSPS) is 11.9. The Kier molecular flexibility index (Phi) is 12.0. The Morgan fingerprint density at radius 3 is 0.833 bits per heavy atom. The van der Waals surface area contributed by atoms with Gasteiger partial charge in [0.25, 0.3) is 0 Å². The van der Waals surface area contributed by atoms with E-state index < -0.39 is 16.6 Å². The topological polar surface area (TPSA) is 75.6 Å². The highest BCUT2D eigenvalue weighted by Gasteiger charge is 2.43. The lowest BCUT2D eigenvalue weighted by molar-refractivity contribution is -0.107. The zero-order chi connectivity index (χ0) is 38.0. The molecule has 0 radical (unpaired) electrons. The smallest absolute Gasteiger partial charge is 0.143 e. The third-order valence-corrected chi connectivity index (χ3v) is 10.0. The summed E-state index contributed by atoms with van der Waals surface area (Å²) in [7, 11) is 6.61. The molecule has 7 heteroatoms. The first-order valence-corrected chi connectivity index (χ1v) is 17.9. The number of hydrogen-bond donors (Lipinski definition) is 1. The predicted molar refractivity (Wildman–Crippen MR) is 212 cm³/mol. The van der Waals surface area contributed by atoms with Crippen LogP contribution in [0.15, 0.2) is 158 Å². The van der Waals surface area contributed by atoms with Crippen LogP contribution in [0.5, 0.6) is 23.0 Å². The maximum atomic E-state index is 11.2. The molecule has 1 N–H and O–H groups in total. The van der Waals surface area contributed by atoms with E-state index in [9.17, 15) is 5.11 Å². The van der Waals surface area contributed by atoms with Gasteiger partial charge in [0, 0.05) is 5.41 Å². The quantitative estimate of drug-likeness (QED) is 0.0942. The van der Waals surface area contributed by atoms with Crippen LogP contribution >= 0.6 is 0 Å². The van der Waals surface area contributed by atoms with Gasteiger partial charge in [0.05, 0.1) is 48.3 Å². The van der Waals surface area contributed by atoms with Gasteiger partial charge in [-0.2, -0.15) is 0 Å². The van der Waals surface area contributed by atoms with Gasteiger partial charge in [-0.05, 0) is 81.9 Å². The molecule has 0 unspecified atom stereocenters. The van der Waals surface area contributed by atoms with Gasteiger partial charge in [0.15, 0.2) is 0 Å². The molecule has 278 valence electrons. The lowest BCUT2D eigenvalue weighted by atomic mass is 9.79. The second-order valence-corrected chi connectivity index (χ2v) is 13.6. The van der Waals surface area contributed by atoms with E-state index in [1.165, 1.54) is 0 Å². The van der Waals surface area contributed by atoms with Crippen molar-refractivity contribution in [1.29, 1.82) is 0 Å². The van der Waals surface area contributed by atoms with Crippen LogP contribution in [0.25, 0.3) is 0 Å². The van der Waals surface area contributed by atoms with E-state index in [4.69, 9.17) is 28.4 Å². The van der Waals surface area contributed by atoms with Crippen molar-refractivity contribution in [3.63, 3.8) is 0 Å². The van der Waals surface area contributed by atoms with Gasteiger partial charge in [-0.15, -0.1) is 0 Å². The molecular weight excluding hydrogens is 677 g/mol. The second kappa shape index (κ2) is 17.0. The standard InChI is InChI=1S/C47H48O7/c1-45(32-48,33-53-46(35-12-8-6-9-13-35,37-16-24-41(49-2)25-17-37)38-18-26-42(50-3)27-19-38)34-54-47(36-14-10-7-11-15-36,39-20-28-43(51-4)29-21-39)40-22-30-44(52-5)31-23-40/h6-31,48H,32-34H2,1-5H3. The van der Waals surface area contributed by atoms with Gasteiger partial charge < -0.3 is 33.5 Å². The first-order chi connectivity index (χ1) is 26.3. The summed E-state index contributed by atoms with van der Waals surface area (Å²) in [5, 5.41) is 11.2. The van der Waals surface area contributed by atoms with E-state index in [1.54, 1.807) is 28.4 Å². The largest absolute Gasteiger partial charge is 0.497 e. The molecule has 0 atom stereocenters. The fourth-order valence-corrected chi connectivity index (χ4v) is 6.85. The van der Waals surface area contributed by atoms with Gasteiger partial charge in [-0.1, -0.05) is 116 Å². The molecule has 0 aliphatic carbocycles. The summed E-state index contributed by atoms with van der Waals surface area (Å²) in [5.41, 5.74) is 2.43. The Bertz CT molecular complexity index is 1790. The summed E-state index contributed by atoms with van der Waals surface area (Å²) in [4.78, 5) is 0. The number of ether oxygens (including phenoxy) is 6. The third-order valence-electron chi connectivity index (χ3n) is 10.0. The monoisotopic (exact) mass is 724 g/mol. The van der Waals surface area contributed by atoms with E-state index in [2.05, 4.69) is 24.3 Å². The molecule has 0 amide bonds. The molecule has 0 aromatic heterocycles. The van der Waals surface area contributed by atoms with Crippen molar-refractivity contribution >= 4 is 0 Å². The second-order valence-electron chi connectivity index (χ2n) is 13.6. The van der Waals surface area contributed by atoms with Gasteiger partial charge in [-0.3, -0.25) is 0 Å². The van der Waals surface area contributed by atoms with Gasteiger partial charge in [0.2, 0.25) is 0 Å². The van der Waals surface area contributed by atoms with E-state index in [1.807, 2.05) is 140 Å². The number of benzene rings is 6. The van der Waals surface area contributed by atoms with Crippen LogP contribution in [0.1, 0.15) is 40.3 Å². The average Bonchev–Trinajstić information content (AvgIpc) is 3.25. The lowest BCUT2D eigenvalue weighted by Crippen LogP contribution is -2.43. The Labute approximate surface area is 318 Å². The summed E-state index contributed by atoms with van der Waals surface area (Å²) in [6, 6.07) is 52.0. The zero-order valence-corrected chi connectivity index (χ0v) is 31.5. The minimum absolute atomic E-state index is 0.131. The molecule has 54 heavy (non-hydrogen) atoms. The van der Waals surface area contributed by atoms with Crippen LogP contribution in [0.3, 0.4) is 0 Å². The van der Waals surface area contributed by atoms with E-state index in [0.29, 0.717) is 0 Å². The van der Waals surface area contributed by atoms with Gasteiger partial charge >= 0.3 is 0 Å². The number of aliphatic hydroxyl groups is 1. The van der Waals surface area contributed by atoms with Crippen molar-refractivity contribution in [2.75, 3.05) is 48.3 Å². The molecule has 0 heterocycles. The van der Waals surface area contributed by atoms with Crippen molar-refractivity contribution in [3.8, 4) is 23.0 Å². The number of methoxy groups -OCH3 is 4. The molecular formula is C47H48O7. The first-order valence-electron chi connectivity index (χ1n) is 17.9. The Morgan fingerprint density at radius 2 is 0.611 bits per heavy atom. The number of hydrogen-bond acceptors (Lipinski definition) is 7. The average molecular weight is 725 g/mol. The zero-order valence-electron chi connectivity index (χ0n) is 31.5. The highest BCUT2D eigenvalue weighted by molar-refractivity contribution is 5.51. The fourth-order valence-electron chi connectivity index (χ4n) is 6.85. The van der Waals surface area contributed by atoms with Crippen molar-refractivity contribution in [2.24, 2.45) is 5.41 Å². The van der Waals surface area contributed by atoms with Crippen molar-refractivity contribution in [2.45, 2.75) is 18.1 Å². The van der Waals surface area contributed by atoms with Gasteiger partial charge in [0.1, 0.15) is 34.2 Å². The van der Waals surface area contributed by atoms with E-state index >= 15 is 0 Å². The Balaban J connectivity index is 1.45. The van der Waals surface area contributed by atoms with E-state index in [0.717, 1.165) is 56.4 Å². The molecule has 0 saturated carbocycles. The highest BCUT2D eigenvalue weighted by Crippen LogP contribution is 2.45. The molecule has 0 aliphatic rings. The Morgan fingerprint density at radius 1 is 0.370 bits per heavy atom. The summed E-state index contributed by atoms with van der Waals surface area (Å²) in [6.45, 7) is 2.04. The van der Waals surface area contributed by atoms with Crippen molar-refractivity contribution in [1.82, 2.24) is 0 Å². The van der Waals surface area contributed by atoms with Gasteiger partial charge in [-0.25, -0.2) is 0 Å². The minimum Gasteiger partial charge on any atom is -0.497 e. The number of aliphatic hydroxyl groups excluding tert-OH is 1. The maximum absolute atomic E-state index is 11.2. The predicted octanol–water partition coefficient (Wildman–Crippen LogP) is 9.04. The molecule has 6 aromatic carbocycles. The number of rotatable bonds is 17. The third kappa shape index (κ3) is 7.71. The van der Waals surface area contributed by atoms with E-state index in [-0.39, 0.29) is 19.8 Å². The molecule has 0 spiro atoms. The van der Waals surface area contributed by atoms with Crippen molar-refractivity contribution < 1.29 is 33.5 Å². The molecule has 7 nitrogen and oxygen atoms in total. The highest BCUT2D eigenvalue weighted by atomic mass is 16.5. The molecule has 0 fully saturated rings.